The first-order valence-corrected chi connectivity index (χ1v) is 11.3. The SMILES string of the molecule is CNC(=O)C1(C)[C@H](C)[C@@H](n2cnc3c(NC)nc(C#Cc4cc5ccccc5o4)nc32)[C@H](O)[C@@H]1O. The van der Waals surface area contributed by atoms with Gasteiger partial charge in [-0.2, -0.15) is 0 Å². The number of para-hydroxylation sites is 1. The van der Waals surface area contributed by atoms with Crippen LogP contribution in [0.1, 0.15) is 31.5 Å². The molecule has 4 N–H and O–H groups in total. The minimum absolute atomic E-state index is 0.235. The van der Waals surface area contributed by atoms with Crippen molar-refractivity contribution in [2.75, 3.05) is 19.4 Å². The highest BCUT2D eigenvalue weighted by Gasteiger charge is 2.60. The Labute approximate surface area is 201 Å². The second-order valence-electron chi connectivity index (χ2n) is 8.94. The summed E-state index contributed by atoms with van der Waals surface area (Å²) in [6.07, 6.45) is -0.927. The molecule has 5 atom stereocenters. The minimum atomic E-state index is -1.27. The first kappa shape index (κ1) is 22.8. The highest BCUT2D eigenvalue weighted by atomic mass is 16.3. The van der Waals surface area contributed by atoms with Crippen LogP contribution in [0.4, 0.5) is 5.82 Å². The van der Waals surface area contributed by atoms with E-state index in [1.165, 1.54) is 7.05 Å². The van der Waals surface area contributed by atoms with Gasteiger partial charge in [-0.25, -0.2) is 15.0 Å². The van der Waals surface area contributed by atoms with Crippen LogP contribution in [0.15, 0.2) is 41.1 Å². The molecule has 1 fully saturated rings. The zero-order valence-corrected chi connectivity index (χ0v) is 19.8. The Morgan fingerprint density at radius 3 is 2.69 bits per heavy atom. The first-order valence-electron chi connectivity index (χ1n) is 11.3. The summed E-state index contributed by atoms with van der Waals surface area (Å²) in [6.45, 7) is 3.48. The van der Waals surface area contributed by atoms with Gasteiger partial charge in [0.25, 0.3) is 0 Å². The molecule has 1 saturated carbocycles. The number of hydrogen-bond donors (Lipinski definition) is 4. The van der Waals surface area contributed by atoms with Crippen LogP contribution in [-0.2, 0) is 4.79 Å². The van der Waals surface area contributed by atoms with E-state index in [-0.39, 0.29) is 11.7 Å². The quantitative estimate of drug-likeness (QED) is 0.329. The zero-order chi connectivity index (χ0) is 24.9. The summed E-state index contributed by atoms with van der Waals surface area (Å²) in [5.41, 5.74) is 0.467. The number of furan rings is 1. The van der Waals surface area contributed by atoms with Crippen LogP contribution in [0.5, 0.6) is 0 Å². The van der Waals surface area contributed by atoms with Crippen molar-refractivity contribution in [3.63, 3.8) is 0 Å². The lowest BCUT2D eigenvalue weighted by Crippen LogP contribution is -2.47. The predicted molar refractivity (Wildman–Crippen MR) is 129 cm³/mol. The van der Waals surface area contributed by atoms with Crippen molar-refractivity contribution >= 4 is 33.9 Å². The maximum absolute atomic E-state index is 12.7. The summed E-state index contributed by atoms with van der Waals surface area (Å²) in [7, 11) is 3.23. The Morgan fingerprint density at radius 1 is 1.20 bits per heavy atom. The molecule has 0 bridgehead atoms. The van der Waals surface area contributed by atoms with Gasteiger partial charge >= 0.3 is 0 Å². The third-order valence-corrected chi connectivity index (χ3v) is 7.16. The molecule has 0 aliphatic heterocycles. The van der Waals surface area contributed by atoms with Crippen LogP contribution in [0.25, 0.3) is 22.1 Å². The number of nitrogens with zero attached hydrogens (tertiary/aromatic N) is 4. The van der Waals surface area contributed by atoms with Gasteiger partial charge in [-0.15, -0.1) is 0 Å². The van der Waals surface area contributed by atoms with E-state index in [0.717, 1.165) is 11.0 Å². The number of carbonyl (C=O) groups is 1. The lowest BCUT2D eigenvalue weighted by atomic mass is 9.77. The van der Waals surface area contributed by atoms with Crippen molar-refractivity contribution in [2.45, 2.75) is 32.1 Å². The third kappa shape index (κ3) is 3.43. The van der Waals surface area contributed by atoms with E-state index in [4.69, 9.17) is 4.42 Å². The smallest absolute Gasteiger partial charge is 0.228 e. The number of anilines is 1. The molecule has 1 aromatic carbocycles. The highest BCUT2D eigenvalue weighted by molar-refractivity contribution is 5.85. The van der Waals surface area contributed by atoms with Gasteiger partial charge in [0.1, 0.15) is 11.7 Å². The van der Waals surface area contributed by atoms with Crippen LogP contribution < -0.4 is 10.6 Å². The van der Waals surface area contributed by atoms with Crippen molar-refractivity contribution in [3.8, 4) is 11.8 Å². The summed E-state index contributed by atoms with van der Waals surface area (Å²) in [5, 5.41) is 28.4. The van der Waals surface area contributed by atoms with Crippen molar-refractivity contribution in [1.29, 1.82) is 0 Å². The normalized spacial score (nSPS) is 26.0. The Kier molecular flexibility index (Phi) is 5.46. The Hall–Kier alpha value is -3.94. The van der Waals surface area contributed by atoms with Gasteiger partial charge in [0.05, 0.1) is 23.9 Å². The maximum Gasteiger partial charge on any atom is 0.228 e. The van der Waals surface area contributed by atoms with E-state index in [1.54, 1.807) is 24.9 Å². The molecule has 4 aromatic rings. The first-order chi connectivity index (χ1) is 16.8. The number of benzene rings is 1. The molecule has 10 nitrogen and oxygen atoms in total. The lowest BCUT2D eigenvalue weighted by molar-refractivity contribution is -0.139. The van der Waals surface area contributed by atoms with Crippen LogP contribution in [-0.4, -0.2) is 61.9 Å². The molecule has 1 aliphatic carbocycles. The van der Waals surface area contributed by atoms with Crippen molar-refractivity contribution in [1.82, 2.24) is 24.8 Å². The van der Waals surface area contributed by atoms with Crippen molar-refractivity contribution in [2.24, 2.45) is 11.3 Å². The minimum Gasteiger partial charge on any atom is -0.448 e. The molecule has 1 amide bonds. The molecule has 0 radical (unpaired) electrons. The average Bonchev–Trinajstić information content (AvgIpc) is 3.53. The van der Waals surface area contributed by atoms with E-state index in [2.05, 4.69) is 37.4 Å². The molecule has 180 valence electrons. The van der Waals surface area contributed by atoms with E-state index in [0.29, 0.717) is 22.7 Å². The fourth-order valence-electron chi connectivity index (χ4n) is 5.00. The number of aliphatic hydroxyl groups excluding tert-OH is 2. The van der Waals surface area contributed by atoms with Gasteiger partial charge in [0.2, 0.25) is 11.7 Å². The molecular formula is C25H26N6O4. The number of nitrogens with one attached hydrogen (secondary N) is 2. The topological polar surface area (TPSA) is 138 Å². The summed E-state index contributed by atoms with van der Waals surface area (Å²) < 4.78 is 7.45. The van der Waals surface area contributed by atoms with Crippen LogP contribution in [0.2, 0.25) is 0 Å². The van der Waals surface area contributed by atoms with E-state index >= 15 is 0 Å². The zero-order valence-electron chi connectivity index (χ0n) is 19.8. The third-order valence-electron chi connectivity index (χ3n) is 7.16. The Morgan fingerprint density at radius 2 is 1.97 bits per heavy atom. The molecule has 1 unspecified atom stereocenters. The number of amides is 1. The average molecular weight is 475 g/mol. The number of fused-ring (bicyclic) bond motifs is 2. The molecule has 35 heavy (non-hydrogen) atoms. The van der Waals surface area contributed by atoms with E-state index in [9.17, 15) is 15.0 Å². The number of imidazole rings is 1. The van der Waals surface area contributed by atoms with Gasteiger partial charge in [-0.05, 0) is 30.7 Å². The monoisotopic (exact) mass is 474 g/mol. The van der Waals surface area contributed by atoms with Crippen LogP contribution in [0.3, 0.4) is 0 Å². The summed E-state index contributed by atoms with van der Waals surface area (Å²) in [5.74, 6) is 6.34. The second kappa shape index (κ2) is 8.37. The van der Waals surface area contributed by atoms with Gasteiger partial charge in [-0.3, -0.25) is 4.79 Å². The van der Waals surface area contributed by atoms with Gasteiger partial charge in [0, 0.05) is 25.5 Å². The molecule has 0 saturated heterocycles. The molecule has 3 heterocycles. The van der Waals surface area contributed by atoms with Gasteiger partial charge in [0.15, 0.2) is 22.7 Å². The standard InChI is InChI=1S/C25H26N6O4/c1-13-19(20(32)21(33)25(13,2)24(34)27-4)31-12-28-18-22(26-3)29-17(30-23(18)31)10-9-15-11-14-7-5-6-8-16(14)35-15/h5-8,11-13,19-21,32-33H,1-4H3,(H,27,34)(H,26,29,30)/t13-,19-,20+,21+,25?/m1/s1. The Bertz CT molecular complexity index is 1470. The van der Waals surface area contributed by atoms with Crippen molar-refractivity contribution in [3.05, 3.63) is 48.2 Å². The predicted octanol–water partition coefficient (Wildman–Crippen LogP) is 1.68. The summed E-state index contributed by atoms with van der Waals surface area (Å²) in [4.78, 5) is 26.2. The number of rotatable bonds is 3. The molecular weight excluding hydrogens is 448 g/mol. The number of hydrogen-bond acceptors (Lipinski definition) is 8. The maximum atomic E-state index is 12.7. The highest BCUT2D eigenvalue weighted by Crippen LogP contribution is 2.50. The van der Waals surface area contributed by atoms with Crippen LogP contribution in [0, 0.1) is 23.2 Å². The molecule has 5 rings (SSSR count). The largest absolute Gasteiger partial charge is 0.448 e. The van der Waals surface area contributed by atoms with Gasteiger partial charge < -0.3 is 29.8 Å². The van der Waals surface area contributed by atoms with E-state index in [1.807, 2.05) is 37.3 Å². The van der Waals surface area contributed by atoms with Gasteiger partial charge in [-0.1, -0.05) is 25.1 Å². The molecule has 3 aromatic heterocycles. The number of carbonyl (C=O) groups excluding carboxylic acids is 1. The summed E-state index contributed by atoms with van der Waals surface area (Å²) in [6, 6.07) is 8.84. The summed E-state index contributed by atoms with van der Waals surface area (Å²) >= 11 is 0. The van der Waals surface area contributed by atoms with Crippen LogP contribution >= 0.6 is 0 Å². The molecule has 10 heteroatoms. The number of aliphatic hydroxyl groups is 2. The van der Waals surface area contributed by atoms with Crippen molar-refractivity contribution < 1.29 is 19.4 Å². The fourth-order valence-corrected chi connectivity index (χ4v) is 5.00. The Balaban J connectivity index is 1.59. The number of aromatic nitrogens is 4. The second-order valence-corrected chi connectivity index (χ2v) is 8.94. The lowest BCUT2D eigenvalue weighted by Gasteiger charge is -2.31. The fraction of sp³-hybridized carbons (Fsp3) is 0.360. The molecule has 1 aliphatic rings. The molecule has 0 spiro atoms. The van der Waals surface area contributed by atoms with E-state index < -0.39 is 29.6 Å².